The second kappa shape index (κ2) is 9.70. The van der Waals surface area contributed by atoms with Gasteiger partial charge in [-0.25, -0.2) is 9.78 Å². The molecule has 0 aliphatic rings. The Morgan fingerprint density at radius 1 is 1.18 bits per heavy atom. The van der Waals surface area contributed by atoms with Gasteiger partial charge in [0, 0.05) is 23.5 Å². The predicted octanol–water partition coefficient (Wildman–Crippen LogP) is 3.94. The zero-order valence-electron chi connectivity index (χ0n) is 16.7. The Bertz CT molecular complexity index is 814. The highest BCUT2D eigenvalue weighted by atomic mass is 32.1. The summed E-state index contributed by atoms with van der Waals surface area (Å²) in [6.07, 6.45) is -0.451. The molecule has 0 unspecified atom stereocenters. The number of anilines is 1. The molecular formula is C19H26N4O3S2. The predicted molar refractivity (Wildman–Crippen MR) is 117 cm³/mol. The minimum Gasteiger partial charge on any atom is -0.497 e. The first-order valence-corrected chi connectivity index (χ1v) is 10.0. The molecule has 0 aliphatic carbocycles. The lowest BCUT2D eigenvalue weighted by Gasteiger charge is -2.19. The standard InChI is InChI=1S/C19H26N4O3S2/c1-12-15(13-6-8-14(25-5)9-7-13)22-17(28-12)23-16(27)20-10-11-21-18(24)26-19(2,3)4/h6-9H,10-11H2,1-5H3,(H,21,24)(H2,20,22,23,27). The van der Waals surface area contributed by atoms with Gasteiger partial charge in [0.05, 0.1) is 12.8 Å². The molecule has 9 heteroatoms. The zero-order chi connectivity index (χ0) is 20.7. The Morgan fingerprint density at radius 2 is 1.82 bits per heavy atom. The number of thiazole rings is 1. The summed E-state index contributed by atoms with van der Waals surface area (Å²) < 4.78 is 10.4. The number of rotatable bonds is 6. The fourth-order valence-electron chi connectivity index (χ4n) is 2.26. The van der Waals surface area contributed by atoms with Crippen molar-refractivity contribution in [2.45, 2.75) is 33.3 Å². The summed E-state index contributed by atoms with van der Waals surface area (Å²) in [4.78, 5) is 17.3. The average molecular weight is 423 g/mol. The lowest BCUT2D eigenvalue weighted by molar-refractivity contribution is 0.0529. The number of ether oxygens (including phenoxy) is 2. The van der Waals surface area contributed by atoms with Gasteiger partial charge in [0.2, 0.25) is 0 Å². The van der Waals surface area contributed by atoms with Crippen molar-refractivity contribution in [2.75, 3.05) is 25.5 Å². The van der Waals surface area contributed by atoms with Crippen LogP contribution in [0.2, 0.25) is 0 Å². The van der Waals surface area contributed by atoms with Crippen LogP contribution in [0.15, 0.2) is 24.3 Å². The third kappa shape index (κ3) is 6.97. The Kier molecular flexibility index (Phi) is 7.59. The first-order valence-electron chi connectivity index (χ1n) is 8.81. The lowest BCUT2D eigenvalue weighted by atomic mass is 10.1. The number of hydrogen-bond acceptors (Lipinski definition) is 6. The maximum atomic E-state index is 11.6. The van der Waals surface area contributed by atoms with Crippen molar-refractivity contribution in [1.29, 1.82) is 0 Å². The molecule has 1 aromatic heterocycles. The van der Waals surface area contributed by atoms with Crippen molar-refractivity contribution in [1.82, 2.24) is 15.6 Å². The Morgan fingerprint density at radius 3 is 2.43 bits per heavy atom. The summed E-state index contributed by atoms with van der Waals surface area (Å²) in [6, 6.07) is 7.77. The molecule has 0 spiro atoms. The van der Waals surface area contributed by atoms with Gasteiger partial charge in [0.1, 0.15) is 11.4 Å². The zero-order valence-corrected chi connectivity index (χ0v) is 18.3. The molecule has 3 N–H and O–H groups in total. The number of nitrogens with one attached hydrogen (secondary N) is 3. The van der Waals surface area contributed by atoms with Gasteiger partial charge in [0.15, 0.2) is 10.2 Å². The van der Waals surface area contributed by atoms with Gasteiger partial charge >= 0.3 is 6.09 Å². The molecule has 0 bridgehead atoms. The van der Waals surface area contributed by atoms with E-state index in [-0.39, 0.29) is 0 Å². The molecule has 0 atom stereocenters. The normalized spacial score (nSPS) is 10.9. The van der Waals surface area contributed by atoms with Crippen LogP contribution in [0.3, 0.4) is 0 Å². The summed E-state index contributed by atoms with van der Waals surface area (Å²) in [5.74, 6) is 0.806. The first kappa shape index (κ1) is 21.9. The molecule has 2 aromatic rings. The number of thiocarbonyl (C=S) groups is 1. The van der Waals surface area contributed by atoms with Crippen LogP contribution in [-0.4, -0.2) is 42.0 Å². The summed E-state index contributed by atoms with van der Waals surface area (Å²) >= 11 is 6.82. The van der Waals surface area contributed by atoms with E-state index in [0.717, 1.165) is 21.9 Å². The topological polar surface area (TPSA) is 84.5 Å². The lowest BCUT2D eigenvalue weighted by Crippen LogP contribution is -2.39. The van der Waals surface area contributed by atoms with Crippen molar-refractivity contribution in [3.63, 3.8) is 0 Å². The minimum absolute atomic E-state index is 0.394. The minimum atomic E-state index is -0.515. The van der Waals surface area contributed by atoms with Crippen LogP contribution >= 0.6 is 23.6 Å². The SMILES string of the molecule is COc1ccc(-c2nc(NC(=S)NCCNC(=O)OC(C)(C)C)sc2C)cc1. The monoisotopic (exact) mass is 422 g/mol. The van der Waals surface area contributed by atoms with E-state index in [0.29, 0.717) is 23.3 Å². The number of nitrogens with zero attached hydrogens (tertiary/aromatic N) is 1. The third-order valence-corrected chi connectivity index (χ3v) is 4.59. The van der Waals surface area contributed by atoms with E-state index in [1.54, 1.807) is 7.11 Å². The molecule has 0 saturated carbocycles. The number of aromatic nitrogens is 1. The Balaban J connectivity index is 1.82. The number of methoxy groups -OCH3 is 1. The van der Waals surface area contributed by atoms with Crippen molar-refractivity contribution in [3.05, 3.63) is 29.1 Å². The van der Waals surface area contributed by atoms with Crippen molar-refractivity contribution < 1.29 is 14.3 Å². The van der Waals surface area contributed by atoms with E-state index >= 15 is 0 Å². The van der Waals surface area contributed by atoms with Gasteiger partial charge in [-0.1, -0.05) is 0 Å². The maximum Gasteiger partial charge on any atom is 0.407 e. The van der Waals surface area contributed by atoms with Gasteiger partial charge < -0.3 is 25.4 Å². The van der Waals surface area contributed by atoms with Gasteiger partial charge in [-0.05, 0) is 64.2 Å². The fourth-order valence-corrected chi connectivity index (χ4v) is 3.37. The summed E-state index contributed by atoms with van der Waals surface area (Å²) in [5, 5.41) is 9.94. The number of alkyl carbamates (subject to hydrolysis) is 1. The molecule has 1 heterocycles. The van der Waals surface area contributed by atoms with Crippen LogP contribution in [-0.2, 0) is 4.74 Å². The highest BCUT2D eigenvalue weighted by Gasteiger charge is 2.15. The van der Waals surface area contributed by atoms with Crippen LogP contribution in [0.4, 0.5) is 9.93 Å². The summed E-state index contributed by atoms with van der Waals surface area (Å²) in [7, 11) is 1.64. The first-order chi connectivity index (χ1) is 13.2. The van der Waals surface area contributed by atoms with E-state index in [9.17, 15) is 4.79 Å². The van der Waals surface area contributed by atoms with Crippen LogP contribution in [0.5, 0.6) is 5.75 Å². The van der Waals surface area contributed by atoms with Crippen molar-refractivity contribution >= 4 is 39.9 Å². The van der Waals surface area contributed by atoms with Crippen LogP contribution in [0, 0.1) is 6.92 Å². The van der Waals surface area contributed by atoms with E-state index in [2.05, 4.69) is 20.9 Å². The van der Waals surface area contributed by atoms with E-state index in [4.69, 9.17) is 21.7 Å². The third-order valence-electron chi connectivity index (χ3n) is 3.46. The Labute approximate surface area is 174 Å². The number of aryl methyl sites for hydroxylation is 1. The molecule has 1 amide bonds. The average Bonchev–Trinajstić information content (AvgIpc) is 2.97. The second-order valence-electron chi connectivity index (χ2n) is 6.96. The van der Waals surface area contributed by atoms with Crippen LogP contribution in [0.1, 0.15) is 25.6 Å². The quantitative estimate of drug-likeness (QED) is 0.480. The second-order valence-corrected chi connectivity index (χ2v) is 8.57. The van der Waals surface area contributed by atoms with Crippen LogP contribution in [0.25, 0.3) is 11.3 Å². The number of benzene rings is 1. The molecule has 2 rings (SSSR count). The fraction of sp³-hybridized carbons (Fsp3) is 0.421. The summed E-state index contributed by atoms with van der Waals surface area (Å²) in [6.45, 7) is 8.34. The molecule has 28 heavy (non-hydrogen) atoms. The highest BCUT2D eigenvalue weighted by Crippen LogP contribution is 2.31. The number of amides is 1. The van der Waals surface area contributed by atoms with Gasteiger partial charge in [-0.2, -0.15) is 0 Å². The van der Waals surface area contributed by atoms with Crippen LogP contribution < -0.4 is 20.7 Å². The van der Waals surface area contributed by atoms with Gasteiger partial charge in [-0.15, -0.1) is 11.3 Å². The van der Waals surface area contributed by atoms with E-state index in [1.807, 2.05) is 52.0 Å². The maximum absolute atomic E-state index is 11.6. The molecule has 0 aliphatic heterocycles. The van der Waals surface area contributed by atoms with Gasteiger partial charge in [-0.3, -0.25) is 0 Å². The number of carbonyl (C=O) groups excluding carboxylic acids is 1. The Hall–Kier alpha value is -2.39. The van der Waals surface area contributed by atoms with Crippen molar-refractivity contribution in [2.24, 2.45) is 0 Å². The molecule has 0 fully saturated rings. The largest absolute Gasteiger partial charge is 0.497 e. The summed E-state index contributed by atoms with van der Waals surface area (Å²) in [5.41, 5.74) is 1.41. The molecule has 0 radical (unpaired) electrons. The molecule has 7 nitrogen and oxygen atoms in total. The smallest absolute Gasteiger partial charge is 0.407 e. The number of hydrogen-bond donors (Lipinski definition) is 3. The van der Waals surface area contributed by atoms with E-state index < -0.39 is 11.7 Å². The highest BCUT2D eigenvalue weighted by molar-refractivity contribution is 7.80. The number of carbonyl (C=O) groups is 1. The molecular weight excluding hydrogens is 396 g/mol. The molecule has 152 valence electrons. The van der Waals surface area contributed by atoms with Crippen molar-refractivity contribution in [3.8, 4) is 17.0 Å². The van der Waals surface area contributed by atoms with E-state index in [1.165, 1.54) is 11.3 Å². The molecule has 1 aromatic carbocycles. The molecule has 0 saturated heterocycles. The van der Waals surface area contributed by atoms with Gasteiger partial charge in [0.25, 0.3) is 0 Å².